The molecule has 0 aliphatic carbocycles. The van der Waals surface area contributed by atoms with Gasteiger partial charge in [0.1, 0.15) is 23.4 Å². The molecule has 0 unspecified atom stereocenters. The van der Waals surface area contributed by atoms with Gasteiger partial charge in [0.15, 0.2) is 0 Å². The number of hydrogen-bond donors (Lipinski definition) is 0. The highest BCUT2D eigenvalue weighted by Gasteiger charge is 2.03. The molecule has 2 aromatic carbocycles. The average Bonchev–Trinajstić information content (AvgIpc) is 2.50. The van der Waals surface area contributed by atoms with E-state index in [1.807, 2.05) is 13.0 Å². The zero-order valence-corrected chi connectivity index (χ0v) is 11.8. The molecule has 0 fully saturated rings. The fourth-order valence-electron chi connectivity index (χ4n) is 1.84. The van der Waals surface area contributed by atoms with E-state index < -0.39 is 0 Å². The van der Waals surface area contributed by atoms with Crippen LogP contribution in [0.3, 0.4) is 0 Å². The summed E-state index contributed by atoms with van der Waals surface area (Å²) >= 11 is 0. The van der Waals surface area contributed by atoms with Crippen molar-refractivity contribution in [1.29, 1.82) is 5.26 Å². The van der Waals surface area contributed by atoms with Gasteiger partial charge in [-0.1, -0.05) is 18.2 Å². The maximum atomic E-state index is 13.1. The fraction of sp³-hybridized carbons (Fsp3) is 0.235. The van der Waals surface area contributed by atoms with Crippen LogP contribution >= 0.6 is 0 Å². The molecule has 0 saturated carbocycles. The Kier molecular flexibility index (Phi) is 5.16. The minimum atomic E-state index is -0.310. The van der Waals surface area contributed by atoms with Crippen molar-refractivity contribution in [2.45, 2.75) is 13.3 Å². The van der Waals surface area contributed by atoms with Crippen molar-refractivity contribution in [1.82, 2.24) is 0 Å². The molecule has 0 aromatic heterocycles. The Morgan fingerprint density at radius 2 is 1.76 bits per heavy atom. The van der Waals surface area contributed by atoms with Crippen molar-refractivity contribution in [3.63, 3.8) is 0 Å². The van der Waals surface area contributed by atoms with E-state index in [4.69, 9.17) is 14.7 Å². The Hall–Kier alpha value is -2.54. The number of aryl methyl sites for hydroxylation is 1. The predicted molar refractivity (Wildman–Crippen MR) is 77.9 cm³/mol. The number of rotatable bonds is 6. The van der Waals surface area contributed by atoms with Crippen LogP contribution in [-0.4, -0.2) is 13.2 Å². The van der Waals surface area contributed by atoms with Gasteiger partial charge in [0.05, 0.1) is 18.8 Å². The van der Waals surface area contributed by atoms with E-state index in [0.29, 0.717) is 36.7 Å². The maximum absolute atomic E-state index is 13.1. The van der Waals surface area contributed by atoms with Crippen molar-refractivity contribution < 1.29 is 13.9 Å². The summed E-state index contributed by atoms with van der Waals surface area (Å²) in [6.07, 6.45) is 0.649. The Bertz CT molecular complexity index is 649. The number of nitrogens with zero attached hydrogens (tertiary/aromatic N) is 1. The SMILES string of the molecule is Cc1ccc(F)cc1OCCCOc1ccccc1C#N. The maximum Gasteiger partial charge on any atom is 0.137 e. The highest BCUT2D eigenvalue weighted by Crippen LogP contribution is 2.19. The Morgan fingerprint density at radius 3 is 2.52 bits per heavy atom. The van der Waals surface area contributed by atoms with Gasteiger partial charge in [0, 0.05) is 12.5 Å². The van der Waals surface area contributed by atoms with Crippen molar-refractivity contribution in [3.05, 3.63) is 59.4 Å². The van der Waals surface area contributed by atoms with Gasteiger partial charge >= 0.3 is 0 Å². The van der Waals surface area contributed by atoms with Crippen LogP contribution in [0.5, 0.6) is 11.5 Å². The monoisotopic (exact) mass is 285 g/mol. The van der Waals surface area contributed by atoms with Crippen LogP contribution in [0.15, 0.2) is 42.5 Å². The lowest BCUT2D eigenvalue weighted by molar-refractivity contribution is 0.245. The first kappa shape index (κ1) is 14.9. The van der Waals surface area contributed by atoms with Crippen LogP contribution in [0, 0.1) is 24.1 Å². The molecule has 0 heterocycles. The molecule has 0 aliphatic rings. The van der Waals surface area contributed by atoms with E-state index >= 15 is 0 Å². The van der Waals surface area contributed by atoms with Crippen LogP contribution in [0.2, 0.25) is 0 Å². The first-order valence-electron chi connectivity index (χ1n) is 6.71. The molecule has 0 bridgehead atoms. The summed E-state index contributed by atoms with van der Waals surface area (Å²) in [7, 11) is 0. The van der Waals surface area contributed by atoms with Crippen molar-refractivity contribution in [2.24, 2.45) is 0 Å². The predicted octanol–water partition coefficient (Wildman–Crippen LogP) is 3.85. The molecule has 2 aromatic rings. The van der Waals surface area contributed by atoms with Crippen LogP contribution in [-0.2, 0) is 0 Å². The lowest BCUT2D eigenvalue weighted by Gasteiger charge is -2.10. The first-order valence-corrected chi connectivity index (χ1v) is 6.71. The van der Waals surface area contributed by atoms with E-state index in [9.17, 15) is 4.39 Å². The summed E-state index contributed by atoms with van der Waals surface area (Å²) in [5, 5.41) is 8.94. The molecular weight excluding hydrogens is 269 g/mol. The zero-order valence-electron chi connectivity index (χ0n) is 11.8. The molecular formula is C17H16FNO2. The lowest BCUT2D eigenvalue weighted by atomic mass is 10.2. The van der Waals surface area contributed by atoms with Gasteiger partial charge in [0.2, 0.25) is 0 Å². The van der Waals surface area contributed by atoms with Gasteiger partial charge in [-0.25, -0.2) is 4.39 Å². The van der Waals surface area contributed by atoms with Gasteiger partial charge in [-0.15, -0.1) is 0 Å². The summed E-state index contributed by atoms with van der Waals surface area (Å²) in [6, 6.07) is 13.6. The molecule has 0 saturated heterocycles. The summed E-state index contributed by atoms with van der Waals surface area (Å²) in [5.41, 5.74) is 1.41. The molecule has 0 spiro atoms. The average molecular weight is 285 g/mol. The molecule has 2 rings (SSSR count). The quantitative estimate of drug-likeness (QED) is 0.757. The normalized spacial score (nSPS) is 9.95. The van der Waals surface area contributed by atoms with Gasteiger partial charge < -0.3 is 9.47 Å². The van der Waals surface area contributed by atoms with E-state index in [1.165, 1.54) is 12.1 Å². The summed E-state index contributed by atoms with van der Waals surface area (Å²) in [5.74, 6) is 0.809. The molecule has 0 N–H and O–H groups in total. The van der Waals surface area contributed by atoms with Gasteiger partial charge in [-0.05, 0) is 30.7 Å². The van der Waals surface area contributed by atoms with E-state index in [2.05, 4.69) is 6.07 Å². The Labute approximate surface area is 123 Å². The van der Waals surface area contributed by atoms with Gasteiger partial charge in [-0.2, -0.15) is 5.26 Å². The minimum absolute atomic E-state index is 0.310. The number of para-hydroxylation sites is 1. The minimum Gasteiger partial charge on any atom is -0.493 e. The van der Waals surface area contributed by atoms with E-state index in [-0.39, 0.29) is 5.82 Å². The molecule has 4 heteroatoms. The van der Waals surface area contributed by atoms with Crippen LogP contribution < -0.4 is 9.47 Å². The Morgan fingerprint density at radius 1 is 1.05 bits per heavy atom. The molecule has 0 aliphatic heterocycles. The second kappa shape index (κ2) is 7.30. The molecule has 21 heavy (non-hydrogen) atoms. The number of nitriles is 1. The highest BCUT2D eigenvalue weighted by molar-refractivity contribution is 5.42. The van der Waals surface area contributed by atoms with Crippen molar-refractivity contribution in [3.8, 4) is 17.6 Å². The van der Waals surface area contributed by atoms with Crippen LogP contribution in [0.25, 0.3) is 0 Å². The topological polar surface area (TPSA) is 42.2 Å². The Balaban J connectivity index is 1.78. The third-order valence-corrected chi connectivity index (χ3v) is 2.96. The highest BCUT2D eigenvalue weighted by atomic mass is 19.1. The van der Waals surface area contributed by atoms with Crippen molar-refractivity contribution in [2.75, 3.05) is 13.2 Å². The molecule has 0 atom stereocenters. The fourth-order valence-corrected chi connectivity index (χ4v) is 1.84. The summed E-state index contributed by atoms with van der Waals surface area (Å²) in [4.78, 5) is 0. The number of hydrogen-bond acceptors (Lipinski definition) is 3. The second-order valence-corrected chi connectivity index (χ2v) is 4.57. The molecule has 3 nitrogen and oxygen atoms in total. The molecule has 0 radical (unpaired) electrons. The van der Waals surface area contributed by atoms with E-state index in [0.717, 1.165) is 5.56 Å². The van der Waals surface area contributed by atoms with E-state index in [1.54, 1.807) is 24.3 Å². The van der Waals surface area contributed by atoms with Gasteiger partial charge in [-0.3, -0.25) is 0 Å². The summed E-state index contributed by atoms with van der Waals surface area (Å²) in [6.45, 7) is 2.74. The van der Waals surface area contributed by atoms with Crippen LogP contribution in [0.1, 0.15) is 17.5 Å². The first-order chi connectivity index (χ1) is 10.2. The number of ether oxygens (including phenoxy) is 2. The third kappa shape index (κ3) is 4.22. The van der Waals surface area contributed by atoms with Crippen LogP contribution in [0.4, 0.5) is 4.39 Å². The standard InChI is InChI=1S/C17H16FNO2/c1-13-7-8-15(18)11-17(13)21-10-4-9-20-16-6-3-2-5-14(16)12-19/h2-3,5-8,11H,4,9-10H2,1H3. The largest absolute Gasteiger partial charge is 0.493 e. The summed E-state index contributed by atoms with van der Waals surface area (Å²) < 4.78 is 24.2. The smallest absolute Gasteiger partial charge is 0.137 e. The lowest BCUT2D eigenvalue weighted by Crippen LogP contribution is -2.06. The molecule has 108 valence electrons. The van der Waals surface area contributed by atoms with Crippen molar-refractivity contribution >= 4 is 0 Å². The molecule has 0 amide bonds. The number of halogens is 1. The van der Waals surface area contributed by atoms with Gasteiger partial charge in [0.25, 0.3) is 0 Å². The third-order valence-electron chi connectivity index (χ3n) is 2.96. The number of benzene rings is 2. The zero-order chi connectivity index (χ0) is 15.1. The second-order valence-electron chi connectivity index (χ2n) is 4.57.